The van der Waals surface area contributed by atoms with Crippen molar-refractivity contribution in [3.8, 4) is 17.3 Å². The van der Waals surface area contributed by atoms with Crippen molar-refractivity contribution >= 4 is 27.5 Å². The van der Waals surface area contributed by atoms with Crippen molar-refractivity contribution in [2.75, 3.05) is 0 Å². The van der Waals surface area contributed by atoms with E-state index in [0.29, 0.717) is 22.0 Å². The third-order valence-corrected chi connectivity index (χ3v) is 4.98. The number of hydrogen-bond acceptors (Lipinski definition) is 5. The number of benzene rings is 2. The van der Waals surface area contributed by atoms with Crippen molar-refractivity contribution in [2.24, 2.45) is 7.05 Å². The van der Waals surface area contributed by atoms with E-state index < -0.39 is 0 Å². The van der Waals surface area contributed by atoms with E-state index in [1.54, 1.807) is 36.4 Å². The molecule has 0 saturated carbocycles. The first kappa shape index (κ1) is 17.2. The largest absolute Gasteiger partial charge is 0.472 e. The van der Waals surface area contributed by atoms with Gasteiger partial charge in [-0.05, 0) is 46.8 Å². The molecule has 0 amide bonds. The summed E-state index contributed by atoms with van der Waals surface area (Å²) in [6, 6.07) is 13.9. The number of tetrazole rings is 1. The zero-order chi connectivity index (χ0) is 20.5. The van der Waals surface area contributed by atoms with Gasteiger partial charge in [-0.15, -0.1) is 5.10 Å². The van der Waals surface area contributed by atoms with Gasteiger partial charge in [0.2, 0.25) is 5.88 Å². The molecule has 8 nitrogen and oxygen atoms in total. The lowest BCUT2D eigenvalue weighted by Crippen LogP contribution is -2.23. The summed E-state index contributed by atoms with van der Waals surface area (Å²) in [7, 11) is 1.53. The molecule has 0 saturated heterocycles. The Bertz CT molecular complexity index is 1230. The van der Waals surface area contributed by atoms with Gasteiger partial charge >= 0.3 is 5.69 Å². The molecule has 0 bridgehead atoms. The van der Waals surface area contributed by atoms with Crippen LogP contribution in [0.2, 0.25) is 5.02 Å². The minimum Gasteiger partial charge on any atom is -0.472 e. The second-order valence-corrected chi connectivity index (χ2v) is 7.11. The molecule has 0 radical (unpaired) electrons. The maximum absolute atomic E-state index is 12.2. The summed E-state index contributed by atoms with van der Waals surface area (Å²) >= 11 is 9.40. The third-order valence-electron chi connectivity index (χ3n) is 3.99. The highest BCUT2D eigenvalue weighted by Crippen LogP contribution is 2.24. The quantitative estimate of drug-likeness (QED) is 0.455. The van der Waals surface area contributed by atoms with Crippen LogP contribution in [-0.4, -0.2) is 29.6 Å². The fourth-order valence-electron chi connectivity index (χ4n) is 2.56. The Kier molecular flexibility index (Phi) is 4.67. The van der Waals surface area contributed by atoms with Crippen LogP contribution in [0.3, 0.4) is 0 Å². The number of aryl methyl sites for hydroxylation is 1. The Balaban J connectivity index is 1.62. The second-order valence-electron chi connectivity index (χ2n) is 5.82. The molecule has 0 aliphatic rings. The first-order valence-corrected chi connectivity index (χ1v) is 9.33. The number of nitrogens with zero attached hydrogens (tertiary/aromatic N) is 6. The van der Waals surface area contributed by atoms with E-state index in [-0.39, 0.29) is 24.3 Å². The molecule has 4 rings (SSSR count). The van der Waals surface area contributed by atoms with E-state index in [1.165, 1.54) is 22.5 Å². The fraction of sp³-hybridized carbons (Fsp3) is 0.111. The summed E-state index contributed by atoms with van der Waals surface area (Å²) in [6.07, 6.45) is 0.166. The van der Waals surface area contributed by atoms with E-state index in [0.717, 1.165) is 9.15 Å². The van der Waals surface area contributed by atoms with Gasteiger partial charge < -0.3 is 4.74 Å². The fourth-order valence-corrected chi connectivity index (χ4v) is 3.15. The van der Waals surface area contributed by atoms with E-state index >= 15 is 0 Å². The monoisotopic (exact) mass is 461 g/mol. The van der Waals surface area contributed by atoms with Crippen molar-refractivity contribution in [1.82, 2.24) is 29.6 Å². The van der Waals surface area contributed by atoms with Gasteiger partial charge in [-0.1, -0.05) is 33.6 Å². The van der Waals surface area contributed by atoms with E-state index in [1.807, 2.05) is 6.07 Å². The van der Waals surface area contributed by atoms with Crippen LogP contribution in [0.4, 0.5) is 0 Å². The van der Waals surface area contributed by atoms with Crippen LogP contribution >= 0.6 is 27.5 Å². The first-order chi connectivity index (χ1) is 13.9. The molecule has 28 heavy (non-hydrogen) atoms. The van der Waals surface area contributed by atoms with Gasteiger partial charge in [-0.25, -0.2) is 9.48 Å². The zero-order valence-corrected chi connectivity index (χ0v) is 16.9. The summed E-state index contributed by atoms with van der Waals surface area (Å²) in [5.74, 6) is 0.276. The van der Waals surface area contributed by atoms with Gasteiger partial charge in [0.1, 0.15) is 6.61 Å². The smallest absolute Gasteiger partial charge is 0.368 e. The van der Waals surface area contributed by atoms with Gasteiger partial charge in [0.25, 0.3) is 0 Å². The van der Waals surface area contributed by atoms with Crippen LogP contribution in [0.1, 0.15) is 6.93 Å². The van der Waals surface area contributed by atoms with E-state index in [9.17, 15) is 4.79 Å². The maximum atomic E-state index is 12.2. The number of ether oxygens (including phenoxy) is 1. The Morgan fingerprint density at radius 1 is 1.18 bits per heavy atom. The van der Waals surface area contributed by atoms with E-state index in [4.69, 9.17) is 17.7 Å². The Hall–Kier alpha value is -2.91. The van der Waals surface area contributed by atoms with Crippen molar-refractivity contribution < 1.29 is 6.11 Å². The Morgan fingerprint density at radius 2 is 1.96 bits per heavy atom. The van der Waals surface area contributed by atoms with Crippen molar-refractivity contribution in [3.05, 3.63) is 80.2 Å². The Labute approximate surface area is 174 Å². The topological polar surface area (TPSA) is 79.8 Å². The lowest BCUT2D eigenvalue weighted by molar-refractivity contribution is 0.290. The first-order valence-electron chi connectivity index (χ1n) is 8.66. The van der Waals surface area contributed by atoms with Crippen molar-refractivity contribution in [3.63, 3.8) is 0 Å². The summed E-state index contributed by atoms with van der Waals surface area (Å²) < 4.78 is 18.5. The highest BCUT2D eigenvalue weighted by molar-refractivity contribution is 9.10. The lowest BCUT2D eigenvalue weighted by atomic mass is 10.2. The molecule has 0 fully saturated rings. The zero-order valence-electron chi connectivity index (χ0n) is 15.6. The summed E-state index contributed by atoms with van der Waals surface area (Å²) in [4.78, 5) is 12.2. The molecular weight excluding hydrogens is 448 g/mol. The highest BCUT2D eigenvalue weighted by Gasteiger charge is 2.15. The maximum Gasteiger partial charge on any atom is 0.368 e. The standard InChI is InChI=1S/C18H14BrClN6O2/c1-24-18(27)26(23-22-24)16-4-2-3-15(19)14(16)11-28-17-9-10-25(21-17)13-7-5-12(20)6-8-13/h2-10H,11H2,1H3/i10D. The normalized spacial score (nSPS) is 11.5. The molecule has 4 aromatic rings. The molecule has 2 aromatic heterocycles. The van der Waals surface area contributed by atoms with Gasteiger partial charge in [0, 0.05) is 34.3 Å². The van der Waals surface area contributed by atoms with Crippen LogP contribution in [0.25, 0.3) is 11.4 Å². The number of rotatable bonds is 5. The average molecular weight is 463 g/mol. The van der Waals surface area contributed by atoms with Gasteiger partial charge in [0.05, 0.1) is 12.7 Å². The van der Waals surface area contributed by atoms with Gasteiger partial charge in [0.15, 0.2) is 0 Å². The van der Waals surface area contributed by atoms with Crippen molar-refractivity contribution in [1.29, 1.82) is 0 Å². The summed E-state index contributed by atoms with van der Waals surface area (Å²) in [6.45, 7) is 0.108. The molecule has 0 N–H and O–H groups in total. The number of aromatic nitrogens is 6. The molecule has 10 heteroatoms. The van der Waals surface area contributed by atoms with Gasteiger partial charge in [-0.2, -0.15) is 9.36 Å². The molecule has 2 heterocycles. The van der Waals surface area contributed by atoms with Crippen LogP contribution < -0.4 is 10.4 Å². The lowest BCUT2D eigenvalue weighted by Gasteiger charge is -2.10. The summed E-state index contributed by atoms with van der Waals surface area (Å²) in [5.41, 5.74) is 1.56. The van der Waals surface area contributed by atoms with E-state index in [2.05, 4.69) is 31.5 Å². The molecule has 0 atom stereocenters. The van der Waals surface area contributed by atoms with Crippen LogP contribution in [0.15, 0.2) is 64.0 Å². The SMILES string of the molecule is [2H]c1cc(OCc2c(Br)cccc2-n2nnn(C)c2=O)nn1-c1ccc(Cl)cc1. The number of halogens is 2. The summed E-state index contributed by atoms with van der Waals surface area (Å²) in [5, 5.41) is 12.6. The third kappa shape index (κ3) is 3.58. The average Bonchev–Trinajstić information content (AvgIpc) is 3.23. The van der Waals surface area contributed by atoms with Crippen LogP contribution in [0, 0.1) is 0 Å². The molecule has 0 spiro atoms. The van der Waals surface area contributed by atoms with Gasteiger partial charge in [-0.3, -0.25) is 0 Å². The Morgan fingerprint density at radius 3 is 2.68 bits per heavy atom. The predicted molar refractivity (Wildman–Crippen MR) is 107 cm³/mol. The molecule has 0 aliphatic heterocycles. The van der Waals surface area contributed by atoms with Crippen LogP contribution in [0.5, 0.6) is 5.88 Å². The minimum absolute atomic E-state index is 0.108. The van der Waals surface area contributed by atoms with Crippen LogP contribution in [-0.2, 0) is 13.7 Å². The minimum atomic E-state index is -0.371. The van der Waals surface area contributed by atoms with Crippen molar-refractivity contribution in [2.45, 2.75) is 6.61 Å². The molecule has 142 valence electrons. The molecule has 0 aliphatic carbocycles. The predicted octanol–water partition coefficient (Wildman–Crippen LogP) is 3.15. The highest BCUT2D eigenvalue weighted by atomic mass is 79.9. The second kappa shape index (κ2) is 7.61. The molecule has 0 unspecified atom stereocenters. The number of hydrogen-bond donors (Lipinski definition) is 0. The molecular formula is C18H14BrClN6O2. The molecule has 2 aromatic carbocycles.